The Morgan fingerprint density at radius 3 is 2.53 bits per heavy atom. The molecule has 0 aromatic heterocycles. The molecule has 1 aliphatic heterocycles. The zero-order valence-electron chi connectivity index (χ0n) is 18.4. The number of hydrazine groups is 1. The van der Waals surface area contributed by atoms with E-state index >= 15 is 0 Å². The molecule has 1 atom stereocenters. The smallest absolute Gasteiger partial charge is 0.243 e. The molecule has 0 spiro atoms. The van der Waals surface area contributed by atoms with Crippen molar-refractivity contribution in [3.8, 4) is 11.5 Å². The average molecular weight is 545 g/mol. The first-order valence-electron chi connectivity index (χ1n) is 10.6. The number of methoxy groups -OCH3 is 1. The van der Waals surface area contributed by atoms with Crippen molar-refractivity contribution >= 4 is 50.7 Å². The Hall–Kier alpha value is -3.23. The third kappa shape index (κ3) is 5.81. The van der Waals surface area contributed by atoms with Crippen molar-refractivity contribution in [2.24, 2.45) is 5.92 Å². The molecule has 1 heterocycles. The van der Waals surface area contributed by atoms with Crippen molar-refractivity contribution < 1.29 is 19.1 Å². The van der Waals surface area contributed by atoms with E-state index in [0.717, 1.165) is 15.7 Å². The second-order valence-electron chi connectivity index (χ2n) is 7.78. The van der Waals surface area contributed by atoms with Crippen LogP contribution >= 0.6 is 27.5 Å². The first-order chi connectivity index (χ1) is 16.4. The summed E-state index contributed by atoms with van der Waals surface area (Å²) < 4.78 is 12.3. The van der Waals surface area contributed by atoms with Crippen molar-refractivity contribution in [2.75, 3.05) is 24.0 Å². The minimum absolute atomic E-state index is 0.101. The summed E-state index contributed by atoms with van der Waals surface area (Å²) in [7, 11) is 1.56. The van der Waals surface area contributed by atoms with E-state index in [9.17, 15) is 9.59 Å². The van der Waals surface area contributed by atoms with Gasteiger partial charge in [-0.3, -0.25) is 20.4 Å². The predicted molar refractivity (Wildman–Crippen MR) is 135 cm³/mol. The number of amides is 2. The molecule has 7 nitrogen and oxygen atoms in total. The predicted octanol–water partition coefficient (Wildman–Crippen LogP) is 5.19. The zero-order chi connectivity index (χ0) is 24.1. The Morgan fingerprint density at radius 2 is 1.82 bits per heavy atom. The van der Waals surface area contributed by atoms with Gasteiger partial charge >= 0.3 is 0 Å². The quantitative estimate of drug-likeness (QED) is 0.382. The van der Waals surface area contributed by atoms with Crippen LogP contribution in [0.2, 0.25) is 5.02 Å². The summed E-state index contributed by atoms with van der Waals surface area (Å²) in [5.41, 5.74) is 7.95. The number of halogens is 2. The number of anilines is 2. The third-order valence-electron chi connectivity index (χ3n) is 5.44. The number of hydrogen-bond acceptors (Lipinski definition) is 5. The number of nitrogens with one attached hydrogen (secondary N) is 2. The summed E-state index contributed by atoms with van der Waals surface area (Å²) in [5.74, 6) is 0.283. The lowest BCUT2D eigenvalue weighted by Gasteiger charge is -2.17. The number of carbonyl (C=O) groups is 2. The topological polar surface area (TPSA) is 79.9 Å². The van der Waals surface area contributed by atoms with Crippen molar-refractivity contribution in [1.29, 1.82) is 0 Å². The number of rotatable bonds is 8. The highest BCUT2D eigenvalue weighted by Gasteiger charge is 2.35. The molecule has 3 aromatic carbocycles. The second-order valence-corrected chi connectivity index (χ2v) is 9.13. The Labute approximate surface area is 211 Å². The Bertz CT molecular complexity index is 1170. The standard InChI is InChI=1S/C25H23BrClN3O4/c1-33-23-13-20(8-11-22(23)34-15-16-2-4-18(26)5-3-16)28-29-25(32)17-12-24(31)30(14-17)21-9-6-19(27)7-10-21/h2-11,13,17,28H,12,14-15H2,1H3,(H,29,32)/t17-/m1/s1. The lowest BCUT2D eigenvalue weighted by atomic mass is 10.1. The number of carbonyl (C=O) groups excluding carboxylic acids is 2. The summed E-state index contributed by atoms with van der Waals surface area (Å²) in [6, 6.07) is 20.1. The minimum atomic E-state index is -0.467. The molecule has 176 valence electrons. The summed E-state index contributed by atoms with van der Waals surface area (Å²) in [6.45, 7) is 0.702. The highest BCUT2D eigenvalue weighted by Crippen LogP contribution is 2.31. The third-order valence-corrected chi connectivity index (χ3v) is 6.22. The minimum Gasteiger partial charge on any atom is -0.493 e. The first-order valence-corrected chi connectivity index (χ1v) is 11.8. The van der Waals surface area contributed by atoms with Gasteiger partial charge in [-0.25, -0.2) is 0 Å². The van der Waals surface area contributed by atoms with Crippen LogP contribution in [0.15, 0.2) is 71.2 Å². The van der Waals surface area contributed by atoms with Crippen LogP contribution < -0.4 is 25.2 Å². The van der Waals surface area contributed by atoms with Crippen molar-refractivity contribution in [3.63, 3.8) is 0 Å². The number of nitrogens with zero attached hydrogens (tertiary/aromatic N) is 1. The Morgan fingerprint density at radius 1 is 1.09 bits per heavy atom. The van der Waals surface area contributed by atoms with Gasteiger partial charge in [-0.05, 0) is 54.1 Å². The molecule has 0 aliphatic carbocycles. The molecule has 0 unspecified atom stereocenters. The largest absolute Gasteiger partial charge is 0.493 e. The molecule has 0 saturated carbocycles. The SMILES string of the molecule is COc1cc(NNC(=O)[C@@H]2CC(=O)N(c3ccc(Cl)cc3)C2)ccc1OCc1ccc(Br)cc1. The van der Waals surface area contributed by atoms with Gasteiger partial charge in [0.15, 0.2) is 11.5 Å². The maximum Gasteiger partial charge on any atom is 0.243 e. The van der Waals surface area contributed by atoms with Crippen molar-refractivity contribution in [2.45, 2.75) is 13.0 Å². The fourth-order valence-electron chi connectivity index (χ4n) is 3.60. The van der Waals surface area contributed by atoms with E-state index in [4.69, 9.17) is 21.1 Å². The normalized spacial score (nSPS) is 15.2. The Kier molecular flexibility index (Phi) is 7.59. The van der Waals surface area contributed by atoms with Crippen LogP contribution in [-0.2, 0) is 16.2 Å². The van der Waals surface area contributed by atoms with E-state index in [-0.39, 0.29) is 18.2 Å². The lowest BCUT2D eigenvalue weighted by Crippen LogP contribution is -2.36. The fourth-order valence-corrected chi connectivity index (χ4v) is 3.99. The first kappa shape index (κ1) is 23.9. The van der Waals surface area contributed by atoms with Gasteiger partial charge in [-0.1, -0.05) is 39.7 Å². The lowest BCUT2D eigenvalue weighted by molar-refractivity contribution is -0.125. The maximum absolute atomic E-state index is 12.7. The molecule has 1 fully saturated rings. The van der Waals surface area contributed by atoms with Gasteiger partial charge < -0.3 is 14.4 Å². The van der Waals surface area contributed by atoms with Gasteiger partial charge in [0.1, 0.15) is 6.61 Å². The fraction of sp³-hybridized carbons (Fsp3) is 0.200. The monoisotopic (exact) mass is 543 g/mol. The van der Waals surface area contributed by atoms with Gasteiger partial charge in [0, 0.05) is 34.2 Å². The molecule has 4 rings (SSSR count). The molecular weight excluding hydrogens is 522 g/mol. The summed E-state index contributed by atoms with van der Waals surface area (Å²) in [4.78, 5) is 26.7. The van der Waals surface area contributed by atoms with Crippen LogP contribution in [0.5, 0.6) is 11.5 Å². The second kappa shape index (κ2) is 10.8. The molecule has 3 aromatic rings. The van der Waals surface area contributed by atoms with Gasteiger partial charge in [0.2, 0.25) is 11.8 Å². The van der Waals surface area contributed by atoms with E-state index in [1.807, 2.05) is 24.3 Å². The molecule has 9 heteroatoms. The summed E-state index contributed by atoms with van der Waals surface area (Å²) in [6.07, 6.45) is 0.141. The van der Waals surface area contributed by atoms with Crippen LogP contribution in [0.25, 0.3) is 0 Å². The molecule has 1 saturated heterocycles. The molecule has 0 radical (unpaired) electrons. The molecule has 2 amide bonds. The van der Waals surface area contributed by atoms with E-state index in [2.05, 4.69) is 26.8 Å². The van der Waals surface area contributed by atoms with E-state index in [1.165, 1.54) is 0 Å². The molecular formula is C25H23BrClN3O4. The summed E-state index contributed by atoms with van der Waals surface area (Å²) >= 11 is 9.34. The molecule has 2 N–H and O–H groups in total. The van der Waals surface area contributed by atoms with E-state index in [0.29, 0.717) is 35.4 Å². The summed E-state index contributed by atoms with van der Waals surface area (Å²) in [5, 5.41) is 0.592. The number of hydrogen-bond donors (Lipinski definition) is 2. The van der Waals surface area contributed by atoms with Crippen LogP contribution in [-0.4, -0.2) is 25.5 Å². The zero-order valence-corrected chi connectivity index (χ0v) is 20.7. The average Bonchev–Trinajstić information content (AvgIpc) is 3.24. The maximum atomic E-state index is 12.7. The van der Waals surface area contributed by atoms with Gasteiger partial charge in [0.05, 0.1) is 18.7 Å². The number of benzene rings is 3. The number of ether oxygens (including phenoxy) is 2. The highest BCUT2D eigenvalue weighted by molar-refractivity contribution is 9.10. The van der Waals surface area contributed by atoms with Crippen LogP contribution in [0.3, 0.4) is 0 Å². The van der Waals surface area contributed by atoms with Gasteiger partial charge in [0.25, 0.3) is 0 Å². The van der Waals surface area contributed by atoms with Crippen LogP contribution in [0, 0.1) is 5.92 Å². The van der Waals surface area contributed by atoms with Crippen LogP contribution in [0.4, 0.5) is 11.4 Å². The van der Waals surface area contributed by atoms with E-state index in [1.54, 1.807) is 54.5 Å². The highest BCUT2D eigenvalue weighted by atomic mass is 79.9. The van der Waals surface area contributed by atoms with Gasteiger partial charge in [-0.2, -0.15) is 0 Å². The molecule has 0 bridgehead atoms. The van der Waals surface area contributed by atoms with Crippen molar-refractivity contribution in [1.82, 2.24) is 5.43 Å². The van der Waals surface area contributed by atoms with E-state index < -0.39 is 5.92 Å². The molecule has 34 heavy (non-hydrogen) atoms. The molecule has 1 aliphatic rings. The Balaban J connectivity index is 1.33. The van der Waals surface area contributed by atoms with Crippen molar-refractivity contribution in [3.05, 3.63) is 81.8 Å². The van der Waals surface area contributed by atoms with Crippen LogP contribution in [0.1, 0.15) is 12.0 Å². The van der Waals surface area contributed by atoms with Gasteiger partial charge in [-0.15, -0.1) is 0 Å².